The monoisotopic (exact) mass is 274 g/mol. The second-order valence-corrected chi connectivity index (χ2v) is 5.41. The van der Waals surface area contributed by atoms with Crippen LogP contribution in [-0.4, -0.2) is 9.97 Å². The quantitative estimate of drug-likeness (QED) is 0.498. The van der Waals surface area contributed by atoms with Crippen LogP contribution in [0.2, 0.25) is 0 Å². The summed E-state index contributed by atoms with van der Waals surface area (Å²) in [5.41, 5.74) is 3.84. The molecule has 0 saturated heterocycles. The Morgan fingerprint density at radius 1 is 1.26 bits per heavy atom. The van der Waals surface area contributed by atoms with Crippen LogP contribution < -0.4 is 11.3 Å². The van der Waals surface area contributed by atoms with Gasteiger partial charge in [0.05, 0.1) is 0 Å². The van der Waals surface area contributed by atoms with Gasteiger partial charge in [0.2, 0.25) is 0 Å². The van der Waals surface area contributed by atoms with Gasteiger partial charge in [-0.25, -0.2) is 15.8 Å². The normalized spacial score (nSPS) is 10.5. The second kappa shape index (κ2) is 6.54. The van der Waals surface area contributed by atoms with Gasteiger partial charge in [0.1, 0.15) is 16.7 Å². The Morgan fingerprint density at radius 3 is 2.79 bits per heavy atom. The van der Waals surface area contributed by atoms with Crippen molar-refractivity contribution < 1.29 is 0 Å². The van der Waals surface area contributed by atoms with E-state index in [4.69, 9.17) is 5.84 Å². The summed E-state index contributed by atoms with van der Waals surface area (Å²) >= 11 is 1.62. The highest BCUT2D eigenvalue weighted by Gasteiger charge is 2.05. The van der Waals surface area contributed by atoms with Crippen LogP contribution in [0.1, 0.15) is 24.7 Å². The van der Waals surface area contributed by atoms with Crippen LogP contribution in [0.25, 0.3) is 0 Å². The SMILES string of the molecule is CCCc1nc(NN)cc(Sc2cccc(C)c2)n1. The van der Waals surface area contributed by atoms with Crippen LogP contribution in [0.4, 0.5) is 5.82 Å². The van der Waals surface area contributed by atoms with Crippen LogP contribution in [-0.2, 0) is 6.42 Å². The highest BCUT2D eigenvalue weighted by atomic mass is 32.2. The van der Waals surface area contributed by atoms with Crippen LogP contribution in [0.5, 0.6) is 0 Å². The van der Waals surface area contributed by atoms with E-state index in [9.17, 15) is 0 Å². The number of nitrogens with one attached hydrogen (secondary N) is 1. The molecule has 0 aliphatic rings. The zero-order valence-corrected chi connectivity index (χ0v) is 12.0. The van der Waals surface area contributed by atoms with Crippen molar-refractivity contribution in [3.8, 4) is 0 Å². The number of aromatic nitrogens is 2. The number of hydrazine groups is 1. The smallest absolute Gasteiger partial charge is 0.144 e. The fraction of sp³-hybridized carbons (Fsp3) is 0.286. The molecule has 1 heterocycles. The summed E-state index contributed by atoms with van der Waals surface area (Å²) in [4.78, 5) is 10.1. The molecule has 0 aliphatic heterocycles. The molecule has 0 saturated carbocycles. The molecule has 0 spiro atoms. The van der Waals surface area contributed by atoms with E-state index in [1.54, 1.807) is 11.8 Å². The van der Waals surface area contributed by atoms with Crippen LogP contribution in [0, 0.1) is 6.92 Å². The van der Waals surface area contributed by atoms with Crippen LogP contribution in [0.15, 0.2) is 40.3 Å². The molecule has 5 heteroatoms. The lowest BCUT2D eigenvalue weighted by Gasteiger charge is -2.07. The molecule has 0 aliphatic carbocycles. The Labute approximate surface area is 117 Å². The molecular formula is C14H18N4S. The minimum Gasteiger partial charge on any atom is -0.308 e. The average Bonchev–Trinajstić information content (AvgIpc) is 2.39. The second-order valence-electron chi connectivity index (χ2n) is 4.32. The first-order valence-electron chi connectivity index (χ1n) is 6.30. The predicted molar refractivity (Wildman–Crippen MR) is 79.1 cm³/mol. The maximum atomic E-state index is 5.45. The Morgan fingerprint density at radius 2 is 2.11 bits per heavy atom. The number of benzene rings is 1. The summed E-state index contributed by atoms with van der Waals surface area (Å²) in [5, 5.41) is 0.914. The summed E-state index contributed by atoms with van der Waals surface area (Å²) in [6.07, 6.45) is 1.87. The lowest BCUT2D eigenvalue weighted by atomic mass is 10.2. The molecule has 0 amide bonds. The molecule has 0 unspecified atom stereocenters. The maximum absolute atomic E-state index is 5.45. The third-order valence-electron chi connectivity index (χ3n) is 2.58. The molecule has 0 bridgehead atoms. The summed E-state index contributed by atoms with van der Waals surface area (Å²) in [6.45, 7) is 4.19. The Bertz CT molecular complexity index is 557. The van der Waals surface area contributed by atoms with E-state index in [1.807, 2.05) is 12.1 Å². The fourth-order valence-corrected chi connectivity index (χ4v) is 2.69. The molecule has 4 nitrogen and oxygen atoms in total. The van der Waals surface area contributed by atoms with Gasteiger partial charge < -0.3 is 5.43 Å². The minimum absolute atomic E-state index is 0.661. The van der Waals surface area contributed by atoms with E-state index in [1.165, 1.54) is 10.5 Å². The summed E-state index contributed by atoms with van der Waals surface area (Å²) < 4.78 is 0. The molecule has 2 rings (SSSR count). The third-order valence-corrected chi connectivity index (χ3v) is 3.49. The van der Waals surface area contributed by atoms with E-state index < -0.39 is 0 Å². The number of aryl methyl sites for hydroxylation is 2. The van der Waals surface area contributed by atoms with Gasteiger partial charge in [-0.2, -0.15) is 0 Å². The molecule has 19 heavy (non-hydrogen) atoms. The molecule has 3 N–H and O–H groups in total. The van der Waals surface area contributed by atoms with Gasteiger partial charge in [-0.1, -0.05) is 36.4 Å². The largest absolute Gasteiger partial charge is 0.308 e. The van der Waals surface area contributed by atoms with Crippen molar-refractivity contribution in [1.82, 2.24) is 9.97 Å². The van der Waals surface area contributed by atoms with Crippen molar-refractivity contribution in [3.63, 3.8) is 0 Å². The zero-order chi connectivity index (χ0) is 13.7. The van der Waals surface area contributed by atoms with Crippen LogP contribution >= 0.6 is 11.8 Å². The first-order chi connectivity index (χ1) is 9.21. The first-order valence-corrected chi connectivity index (χ1v) is 7.12. The van der Waals surface area contributed by atoms with Gasteiger partial charge >= 0.3 is 0 Å². The zero-order valence-electron chi connectivity index (χ0n) is 11.2. The third kappa shape index (κ3) is 3.94. The fourth-order valence-electron chi connectivity index (χ4n) is 1.73. The highest BCUT2D eigenvalue weighted by Crippen LogP contribution is 2.28. The van der Waals surface area contributed by atoms with Crippen molar-refractivity contribution in [2.24, 2.45) is 5.84 Å². The minimum atomic E-state index is 0.661. The lowest BCUT2D eigenvalue weighted by Crippen LogP contribution is -2.10. The molecule has 1 aromatic heterocycles. The van der Waals surface area contributed by atoms with E-state index in [0.717, 1.165) is 23.7 Å². The van der Waals surface area contributed by atoms with Crippen molar-refractivity contribution in [2.45, 2.75) is 36.6 Å². The Hall–Kier alpha value is -1.59. The lowest BCUT2D eigenvalue weighted by molar-refractivity contribution is 0.810. The van der Waals surface area contributed by atoms with Gasteiger partial charge in [0.25, 0.3) is 0 Å². The number of hydrogen-bond acceptors (Lipinski definition) is 5. The number of nitrogens with zero attached hydrogens (tertiary/aromatic N) is 2. The first kappa shape index (κ1) is 13.8. The molecule has 2 aromatic rings. The van der Waals surface area contributed by atoms with Gasteiger partial charge in [0.15, 0.2) is 0 Å². The van der Waals surface area contributed by atoms with E-state index in [-0.39, 0.29) is 0 Å². The topological polar surface area (TPSA) is 63.8 Å². The molecule has 1 aromatic carbocycles. The van der Waals surface area contributed by atoms with Crippen molar-refractivity contribution in [2.75, 3.05) is 5.43 Å². The number of nitrogens with two attached hydrogens (primary N) is 1. The predicted octanol–water partition coefficient (Wildman–Crippen LogP) is 3.17. The number of rotatable bonds is 5. The molecule has 100 valence electrons. The number of anilines is 1. The van der Waals surface area contributed by atoms with Crippen LogP contribution in [0.3, 0.4) is 0 Å². The standard InChI is InChI=1S/C14H18N4S/c1-3-5-12-16-13(18-15)9-14(17-12)19-11-7-4-6-10(2)8-11/h4,6-9H,3,5,15H2,1-2H3,(H,16,17,18). The van der Waals surface area contributed by atoms with E-state index >= 15 is 0 Å². The molecule has 0 atom stereocenters. The summed E-state index contributed by atoms with van der Waals surface area (Å²) in [7, 11) is 0. The number of hydrogen-bond donors (Lipinski definition) is 2. The molecule has 0 fully saturated rings. The van der Waals surface area contributed by atoms with Gasteiger partial charge in [0, 0.05) is 17.4 Å². The van der Waals surface area contributed by atoms with Gasteiger partial charge in [-0.05, 0) is 25.5 Å². The van der Waals surface area contributed by atoms with E-state index in [2.05, 4.69) is 47.4 Å². The molecular weight excluding hydrogens is 256 g/mol. The maximum Gasteiger partial charge on any atom is 0.144 e. The van der Waals surface area contributed by atoms with Gasteiger partial charge in [-0.3, -0.25) is 0 Å². The van der Waals surface area contributed by atoms with Gasteiger partial charge in [-0.15, -0.1) is 0 Å². The Kier molecular flexibility index (Phi) is 4.76. The summed E-state index contributed by atoms with van der Waals surface area (Å²) in [5.74, 6) is 6.94. The van der Waals surface area contributed by atoms with Crippen molar-refractivity contribution >= 4 is 17.6 Å². The average molecular weight is 274 g/mol. The summed E-state index contributed by atoms with van der Waals surface area (Å²) in [6, 6.07) is 10.2. The highest BCUT2D eigenvalue weighted by molar-refractivity contribution is 7.99. The van der Waals surface area contributed by atoms with Crippen molar-refractivity contribution in [3.05, 3.63) is 41.7 Å². The van der Waals surface area contributed by atoms with Crippen molar-refractivity contribution in [1.29, 1.82) is 0 Å². The number of nitrogen functional groups attached to an aromatic ring is 1. The molecule has 0 radical (unpaired) electrons. The Balaban J connectivity index is 2.26. The van der Waals surface area contributed by atoms with E-state index in [0.29, 0.717) is 5.82 Å².